The lowest BCUT2D eigenvalue weighted by Gasteiger charge is -2.08. The normalized spacial score (nSPS) is 11.1. The van der Waals surface area contributed by atoms with E-state index in [0.29, 0.717) is 39.9 Å². The van der Waals surface area contributed by atoms with Crippen molar-refractivity contribution in [3.8, 4) is 11.5 Å². The molecule has 0 saturated heterocycles. The summed E-state index contributed by atoms with van der Waals surface area (Å²) in [6.45, 7) is 5.97. The number of carbonyl (C=O) groups excluding carboxylic acids is 2. The number of aryl methyl sites for hydroxylation is 2. The Morgan fingerprint density at radius 2 is 1.91 bits per heavy atom. The average molecular weight is 506 g/mol. The molecule has 0 fully saturated rings. The summed E-state index contributed by atoms with van der Waals surface area (Å²) in [6, 6.07) is 10.7. The average Bonchev–Trinajstić information content (AvgIpc) is 3.20. The van der Waals surface area contributed by atoms with E-state index < -0.39 is 0 Å². The number of benzene rings is 2. The van der Waals surface area contributed by atoms with Crippen LogP contribution in [0.4, 0.5) is 0 Å². The van der Waals surface area contributed by atoms with Crippen molar-refractivity contribution in [3.63, 3.8) is 0 Å². The third-order valence-electron chi connectivity index (χ3n) is 5.07. The summed E-state index contributed by atoms with van der Waals surface area (Å²) in [5.41, 5.74) is 2.99. The fraction of sp³-hybridized carbons (Fsp3) is 0.320. The Balaban J connectivity index is 1.73. The monoisotopic (exact) mass is 505 g/mol. The van der Waals surface area contributed by atoms with Crippen LogP contribution < -0.4 is 0 Å². The molecule has 8 heteroatoms. The molecule has 1 heterocycles. The first-order chi connectivity index (χ1) is 15.7. The zero-order chi connectivity index (χ0) is 24.1. The number of esters is 1. The maximum absolute atomic E-state index is 12.9. The number of Topliss-reactive ketones (excluding diaryl/α,β-unsaturated/α-hetero) is 1. The molecule has 33 heavy (non-hydrogen) atoms. The van der Waals surface area contributed by atoms with Crippen molar-refractivity contribution < 1.29 is 18.7 Å². The van der Waals surface area contributed by atoms with Crippen molar-refractivity contribution in [2.24, 2.45) is 0 Å². The molecular formula is C25H25Cl2NO4S. The zero-order valence-corrected chi connectivity index (χ0v) is 21.2. The Hall–Kier alpha value is -2.28. The fourth-order valence-corrected chi connectivity index (χ4v) is 4.66. The number of halogens is 2. The topological polar surface area (TPSA) is 69.4 Å². The molecule has 0 unspecified atom stereocenters. The molecule has 0 saturated carbocycles. The van der Waals surface area contributed by atoms with Crippen LogP contribution >= 0.6 is 35.0 Å². The van der Waals surface area contributed by atoms with E-state index in [-0.39, 0.29) is 23.4 Å². The van der Waals surface area contributed by atoms with Crippen molar-refractivity contribution in [1.29, 1.82) is 0 Å². The number of ketones is 1. The van der Waals surface area contributed by atoms with Crippen LogP contribution in [0.3, 0.4) is 0 Å². The standard InChI is InChI=1S/C25H25Cl2NO4S/c1-14(2)24-20(28-25(32-24)18-7-6-17(26)12-19(18)27)8-9-21(29)16-5-10-22(15(3)11-16)33-13-23(30)31-4/h5-7,10-12,14H,8-9,13H2,1-4H3. The van der Waals surface area contributed by atoms with E-state index in [1.807, 2.05) is 32.9 Å². The van der Waals surface area contributed by atoms with E-state index in [1.165, 1.54) is 18.9 Å². The van der Waals surface area contributed by atoms with E-state index in [9.17, 15) is 9.59 Å². The number of hydrogen-bond acceptors (Lipinski definition) is 6. The Kier molecular flexibility index (Phi) is 8.63. The molecular weight excluding hydrogens is 481 g/mol. The van der Waals surface area contributed by atoms with Crippen LogP contribution in [0.5, 0.6) is 0 Å². The number of ether oxygens (including phenoxy) is 1. The number of hydrogen-bond donors (Lipinski definition) is 0. The number of oxazole rings is 1. The van der Waals surface area contributed by atoms with Crippen molar-refractivity contribution in [2.45, 2.75) is 44.4 Å². The number of thioether (sulfide) groups is 1. The summed E-state index contributed by atoms with van der Waals surface area (Å²) >= 11 is 13.7. The van der Waals surface area contributed by atoms with Gasteiger partial charge in [0.15, 0.2) is 5.78 Å². The van der Waals surface area contributed by atoms with E-state index in [4.69, 9.17) is 27.6 Å². The molecule has 0 aliphatic heterocycles. The molecule has 0 aliphatic rings. The lowest BCUT2D eigenvalue weighted by atomic mass is 10.0. The van der Waals surface area contributed by atoms with Crippen LogP contribution in [0.15, 0.2) is 45.7 Å². The lowest BCUT2D eigenvalue weighted by Crippen LogP contribution is -2.05. The molecule has 0 amide bonds. The third kappa shape index (κ3) is 6.40. The summed E-state index contributed by atoms with van der Waals surface area (Å²) in [5.74, 6) is 1.24. The summed E-state index contributed by atoms with van der Waals surface area (Å²) in [7, 11) is 1.37. The number of nitrogens with zero attached hydrogens (tertiary/aromatic N) is 1. The number of methoxy groups -OCH3 is 1. The Bertz CT molecular complexity index is 1170. The van der Waals surface area contributed by atoms with Gasteiger partial charge in [-0.3, -0.25) is 9.59 Å². The van der Waals surface area contributed by atoms with Crippen molar-refractivity contribution in [2.75, 3.05) is 12.9 Å². The summed E-state index contributed by atoms with van der Waals surface area (Å²) < 4.78 is 10.7. The second-order valence-corrected chi connectivity index (χ2v) is 9.74. The van der Waals surface area contributed by atoms with Gasteiger partial charge in [-0.05, 0) is 42.8 Å². The molecule has 0 aliphatic carbocycles. The van der Waals surface area contributed by atoms with Gasteiger partial charge in [0.1, 0.15) is 5.76 Å². The van der Waals surface area contributed by atoms with Gasteiger partial charge in [0.2, 0.25) is 5.89 Å². The maximum Gasteiger partial charge on any atom is 0.315 e. The fourth-order valence-electron chi connectivity index (χ4n) is 3.33. The van der Waals surface area contributed by atoms with Crippen LogP contribution in [0.1, 0.15) is 53.6 Å². The first kappa shape index (κ1) is 25.3. The van der Waals surface area contributed by atoms with Crippen molar-refractivity contribution >= 4 is 46.7 Å². The van der Waals surface area contributed by atoms with E-state index in [0.717, 1.165) is 21.9 Å². The molecule has 174 valence electrons. The Morgan fingerprint density at radius 3 is 2.55 bits per heavy atom. The number of rotatable bonds is 9. The highest BCUT2D eigenvalue weighted by molar-refractivity contribution is 8.00. The van der Waals surface area contributed by atoms with Gasteiger partial charge in [0.05, 0.1) is 29.1 Å². The summed E-state index contributed by atoms with van der Waals surface area (Å²) in [6.07, 6.45) is 0.757. The highest BCUT2D eigenvalue weighted by Crippen LogP contribution is 2.33. The molecule has 5 nitrogen and oxygen atoms in total. The van der Waals surface area contributed by atoms with Crippen LogP contribution in [-0.4, -0.2) is 29.6 Å². The van der Waals surface area contributed by atoms with Gasteiger partial charge in [-0.2, -0.15) is 0 Å². The SMILES string of the molecule is COC(=O)CSc1ccc(C(=O)CCc2nc(-c3ccc(Cl)cc3Cl)oc2C(C)C)cc1C. The molecule has 0 atom stereocenters. The molecule has 1 aromatic heterocycles. The minimum Gasteiger partial charge on any atom is -0.468 e. The van der Waals surface area contributed by atoms with Crippen LogP contribution in [-0.2, 0) is 16.0 Å². The lowest BCUT2D eigenvalue weighted by molar-refractivity contribution is -0.137. The van der Waals surface area contributed by atoms with E-state index >= 15 is 0 Å². The number of aromatic nitrogens is 1. The third-order valence-corrected chi connectivity index (χ3v) is 6.77. The molecule has 0 N–H and O–H groups in total. The second-order valence-electron chi connectivity index (χ2n) is 7.88. The molecule has 3 rings (SSSR count). The van der Waals surface area contributed by atoms with E-state index in [1.54, 1.807) is 24.3 Å². The van der Waals surface area contributed by atoms with Gasteiger partial charge in [-0.1, -0.05) is 43.1 Å². The predicted molar refractivity (Wildman–Crippen MR) is 133 cm³/mol. The first-order valence-corrected chi connectivity index (χ1v) is 12.2. The smallest absolute Gasteiger partial charge is 0.315 e. The van der Waals surface area contributed by atoms with Gasteiger partial charge < -0.3 is 9.15 Å². The summed E-state index contributed by atoms with van der Waals surface area (Å²) in [4.78, 5) is 29.8. The number of carbonyl (C=O) groups is 2. The van der Waals surface area contributed by atoms with Crippen LogP contribution in [0, 0.1) is 6.92 Å². The minimum atomic E-state index is -0.285. The van der Waals surface area contributed by atoms with Crippen molar-refractivity contribution in [3.05, 3.63) is 69.0 Å². The highest BCUT2D eigenvalue weighted by atomic mass is 35.5. The first-order valence-electron chi connectivity index (χ1n) is 10.5. The van der Waals surface area contributed by atoms with E-state index in [2.05, 4.69) is 9.72 Å². The molecule has 3 aromatic rings. The predicted octanol–water partition coefficient (Wildman–Crippen LogP) is 7.16. The highest BCUT2D eigenvalue weighted by Gasteiger charge is 2.20. The zero-order valence-electron chi connectivity index (χ0n) is 18.9. The Morgan fingerprint density at radius 1 is 1.15 bits per heavy atom. The molecule has 2 aromatic carbocycles. The second kappa shape index (κ2) is 11.2. The van der Waals surface area contributed by atoms with Gasteiger partial charge in [-0.15, -0.1) is 11.8 Å². The van der Waals surface area contributed by atoms with Crippen LogP contribution in [0.2, 0.25) is 10.0 Å². The van der Waals surface area contributed by atoms with Gasteiger partial charge in [0.25, 0.3) is 0 Å². The van der Waals surface area contributed by atoms with Gasteiger partial charge >= 0.3 is 5.97 Å². The van der Waals surface area contributed by atoms with Crippen LogP contribution in [0.25, 0.3) is 11.5 Å². The van der Waals surface area contributed by atoms with Crippen molar-refractivity contribution in [1.82, 2.24) is 4.98 Å². The summed E-state index contributed by atoms with van der Waals surface area (Å²) in [5, 5.41) is 0.998. The van der Waals surface area contributed by atoms with Gasteiger partial charge in [-0.25, -0.2) is 4.98 Å². The maximum atomic E-state index is 12.9. The quantitative estimate of drug-likeness (QED) is 0.174. The minimum absolute atomic E-state index is 0.0198. The Labute approximate surface area is 207 Å². The molecule has 0 spiro atoms. The molecule has 0 radical (unpaired) electrons. The molecule has 0 bridgehead atoms. The largest absolute Gasteiger partial charge is 0.468 e. The van der Waals surface area contributed by atoms with Gasteiger partial charge in [0, 0.05) is 34.2 Å².